The van der Waals surface area contributed by atoms with Gasteiger partial charge in [0.1, 0.15) is 11.6 Å². The second-order valence-corrected chi connectivity index (χ2v) is 9.24. The molecule has 0 saturated heterocycles. The number of halogens is 1. The smallest absolute Gasteiger partial charge is 0.253 e. The molecule has 2 N–H and O–H groups in total. The van der Waals surface area contributed by atoms with Gasteiger partial charge >= 0.3 is 0 Å². The van der Waals surface area contributed by atoms with Crippen LogP contribution in [-0.2, 0) is 0 Å². The van der Waals surface area contributed by atoms with E-state index in [0.717, 1.165) is 36.3 Å². The van der Waals surface area contributed by atoms with E-state index in [-0.39, 0.29) is 11.9 Å². The lowest BCUT2D eigenvalue weighted by Gasteiger charge is -2.12. The molecule has 6 rings (SSSR count). The van der Waals surface area contributed by atoms with Crippen LogP contribution in [0.3, 0.4) is 0 Å². The quantitative estimate of drug-likeness (QED) is 0.375. The van der Waals surface area contributed by atoms with E-state index in [1.807, 2.05) is 24.3 Å². The molecule has 1 amide bonds. The molecule has 0 aliphatic heterocycles. The summed E-state index contributed by atoms with van der Waals surface area (Å²) in [4.78, 5) is 21.3. The van der Waals surface area contributed by atoms with Gasteiger partial charge in [-0.05, 0) is 61.4 Å². The van der Waals surface area contributed by atoms with E-state index in [1.54, 1.807) is 35.2 Å². The summed E-state index contributed by atoms with van der Waals surface area (Å²) in [5.41, 5.74) is 2.71. The van der Waals surface area contributed by atoms with Crippen LogP contribution < -0.4 is 15.4 Å². The van der Waals surface area contributed by atoms with Crippen LogP contribution in [-0.4, -0.2) is 38.1 Å². The fraction of sp³-hybridized carbons (Fsp3) is 0.280. The average molecular weight is 475 g/mol. The zero-order chi connectivity index (χ0) is 23.1. The zero-order valence-electron chi connectivity index (χ0n) is 18.4. The Morgan fingerprint density at radius 2 is 2.03 bits per heavy atom. The fourth-order valence-corrected chi connectivity index (χ4v) is 4.05. The summed E-state index contributed by atoms with van der Waals surface area (Å²) in [6.45, 7) is 0.872. The number of hydrogen-bond donors (Lipinski definition) is 2. The summed E-state index contributed by atoms with van der Waals surface area (Å²) in [6.07, 6.45) is 9.62. The molecular formula is C25H23ClN6O2. The van der Waals surface area contributed by atoms with E-state index in [1.165, 1.54) is 12.8 Å². The molecule has 0 bridgehead atoms. The van der Waals surface area contributed by atoms with Crippen LogP contribution in [0.4, 0.5) is 5.82 Å². The van der Waals surface area contributed by atoms with Crippen LogP contribution in [0.1, 0.15) is 36.0 Å². The van der Waals surface area contributed by atoms with Crippen LogP contribution in [0.2, 0.25) is 5.02 Å². The van der Waals surface area contributed by atoms with Crippen molar-refractivity contribution in [3.63, 3.8) is 0 Å². The molecule has 9 heteroatoms. The minimum absolute atomic E-state index is 0.143. The maximum atomic E-state index is 12.5. The first-order chi connectivity index (χ1) is 16.6. The Labute approximate surface area is 201 Å². The number of aromatic nitrogens is 4. The van der Waals surface area contributed by atoms with Crippen molar-refractivity contribution in [3.05, 3.63) is 65.6 Å². The molecule has 4 aromatic rings. The summed E-state index contributed by atoms with van der Waals surface area (Å²) in [6, 6.07) is 11.2. The molecule has 3 aromatic heterocycles. The highest BCUT2D eigenvalue weighted by atomic mass is 35.5. The third-order valence-electron chi connectivity index (χ3n) is 6.01. The average Bonchev–Trinajstić information content (AvgIpc) is 3.77. The molecule has 172 valence electrons. The highest BCUT2D eigenvalue weighted by Crippen LogP contribution is 2.33. The van der Waals surface area contributed by atoms with Crippen molar-refractivity contribution >= 4 is 29.0 Å². The normalized spacial score (nSPS) is 15.3. The lowest BCUT2D eigenvalue weighted by molar-refractivity contribution is 0.0951. The maximum absolute atomic E-state index is 12.5. The first kappa shape index (κ1) is 20.9. The molecule has 3 heterocycles. The van der Waals surface area contributed by atoms with E-state index in [0.29, 0.717) is 33.8 Å². The molecule has 0 radical (unpaired) electrons. The first-order valence-electron chi connectivity index (χ1n) is 11.5. The number of nitrogens with zero attached hydrogens (tertiary/aromatic N) is 4. The van der Waals surface area contributed by atoms with Gasteiger partial charge in [0.2, 0.25) is 5.88 Å². The number of nitrogens with one attached hydrogen (secondary N) is 2. The van der Waals surface area contributed by atoms with Gasteiger partial charge in [-0.2, -0.15) is 14.6 Å². The van der Waals surface area contributed by atoms with Gasteiger partial charge in [-0.1, -0.05) is 17.7 Å². The van der Waals surface area contributed by atoms with E-state index in [4.69, 9.17) is 21.3 Å². The topological polar surface area (TPSA) is 93.4 Å². The van der Waals surface area contributed by atoms with Gasteiger partial charge < -0.3 is 15.4 Å². The number of ether oxygens (including phenoxy) is 1. The lowest BCUT2D eigenvalue weighted by Crippen LogP contribution is -2.25. The summed E-state index contributed by atoms with van der Waals surface area (Å²) in [7, 11) is 0. The van der Waals surface area contributed by atoms with Gasteiger partial charge in [-0.15, -0.1) is 0 Å². The van der Waals surface area contributed by atoms with Gasteiger partial charge in [-0.3, -0.25) is 9.78 Å². The number of benzene rings is 1. The fourth-order valence-electron chi connectivity index (χ4n) is 3.78. The van der Waals surface area contributed by atoms with E-state index >= 15 is 0 Å². The number of amides is 1. The van der Waals surface area contributed by atoms with Crippen molar-refractivity contribution in [2.75, 3.05) is 11.9 Å². The molecule has 34 heavy (non-hydrogen) atoms. The van der Waals surface area contributed by atoms with Crippen LogP contribution >= 0.6 is 11.6 Å². The summed E-state index contributed by atoms with van der Waals surface area (Å²) in [5, 5.41) is 11.4. The lowest BCUT2D eigenvalue weighted by atomic mass is 10.1. The zero-order valence-corrected chi connectivity index (χ0v) is 19.1. The highest BCUT2D eigenvalue weighted by molar-refractivity contribution is 6.34. The second-order valence-electron chi connectivity index (χ2n) is 8.83. The Bertz CT molecular complexity index is 1360. The third-order valence-corrected chi connectivity index (χ3v) is 6.32. The molecule has 1 aromatic carbocycles. The van der Waals surface area contributed by atoms with Gasteiger partial charge in [0.15, 0.2) is 5.65 Å². The predicted molar refractivity (Wildman–Crippen MR) is 129 cm³/mol. The Morgan fingerprint density at radius 1 is 1.15 bits per heavy atom. The van der Waals surface area contributed by atoms with E-state index in [9.17, 15) is 4.79 Å². The summed E-state index contributed by atoms with van der Waals surface area (Å²) >= 11 is 6.51. The first-order valence-corrected chi connectivity index (χ1v) is 11.8. The van der Waals surface area contributed by atoms with Crippen molar-refractivity contribution in [1.82, 2.24) is 24.9 Å². The monoisotopic (exact) mass is 474 g/mol. The number of hydrogen-bond acceptors (Lipinski definition) is 6. The van der Waals surface area contributed by atoms with Crippen LogP contribution in [0.15, 0.2) is 55.0 Å². The third kappa shape index (κ3) is 4.41. The predicted octanol–water partition coefficient (Wildman–Crippen LogP) is 4.95. The number of carbonyl (C=O) groups is 1. The Morgan fingerprint density at radius 3 is 2.76 bits per heavy atom. The standard InChI is InChI=1S/C25H23ClN6O2/c26-21-10-16(5-8-19(21)25(33)30-17-6-7-17)20-14-29-32-22(28-12-15-3-4-15)11-23(31-24(20)32)34-18-2-1-9-27-13-18/h1-2,5,8-11,13-15,17,28H,3-4,6-7,12H2,(H,30,33). The molecule has 2 fully saturated rings. The van der Waals surface area contributed by atoms with E-state index < -0.39 is 0 Å². The van der Waals surface area contributed by atoms with Crippen molar-refractivity contribution in [2.45, 2.75) is 31.7 Å². The van der Waals surface area contributed by atoms with Gasteiger partial charge in [0.25, 0.3) is 5.91 Å². The van der Waals surface area contributed by atoms with Crippen molar-refractivity contribution in [2.24, 2.45) is 5.92 Å². The Kier molecular flexibility index (Phi) is 5.30. The van der Waals surface area contributed by atoms with Crippen molar-refractivity contribution in [3.8, 4) is 22.8 Å². The van der Waals surface area contributed by atoms with Crippen LogP contribution in [0.5, 0.6) is 11.6 Å². The highest BCUT2D eigenvalue weighted by Gasteiger charge is 2.25. The Balaban J connectivity index is 1.37. The second kappa shape index (κ2) is 8.61. The molecule has 2 saturated carbocycles. The summed E-state index contributed by atoms with van der Waals surface area (Å²) < 4.78 is 7.77. The van der Waals surface area contributed by atoms with Gasteiger partial charge in [0, 0.05) is 30.4 Å². The number of carbonyl (C=O) groups excluding carboxylic acids is 1. The SMILES string of the molecule is O=C(NC1CC1)c1ccc(-c2cnn3c(NCC4CC4)cc(Oc4cccnc4)nc23)cc1Cl. The maximum Gasteiger partial charge on any atom is 0.253 e. The van der Waals surface area contributed by atoms with Crippen LogP contribution in [0, 0.1) is 5.92 Å². The summed E-state index contributed by atoms with van der Waals surface area (Å²) in [5.74, 6) is 2.38. The number of pyridine rings is 1. The minimum atomic E-state index is -0.143. The number of anilines is 1. The molecule has 8 nitrogen and oxygen atoms in total. The largest absolute Gasteiger partial charge is 0.437 e. The molecule has 2 aliphatic carbocycles. The van der Waals surface area contributed by atoms with Gasteiger partial charge in [0.05, 0.1) is 23.0 Å². The minimum Gasteiger partial charge on any atom is -0.437 e. The number of rotatable bonds is 8. The molecule has 0 atom stereocenters. The van der Waals surface area contributed by atoms with Crippen LogP contribution in [0.25, 0.3) is 16.8 Å². The van der Waals surface area contributed by atoms with Gasteiger partial charge in [-0.25, -0.2) is 0 Å². The molecule has 2 aliphatic rings. The van der Waals surface area contributed by atoms with Crippen molar-refractivity contribution < 1.29 is 9.53 Å². The molecule has 0 spiro atoms. The Hall–Kier alpha value is -3.65. The number of fused-ring (bicyclic) bond motifs is 1. The molecular weight excluding hydrogens is 452 g/mol. The van der Waals surface area contributed by atoms with E-state index in [2.05, 4.69) is 20.7 Å². The van der Waals surface area contributed by atoms with Crippen molar-refractivity contribution in [1.29, 1.82) is 0 Å². The molecule has 0 unspecified atom stereocenters.